The van der Waals surface area contributed by atoms with Crippen molar-refractivity contribution < 1.29 is 9.18 Å². The molecular weight excluding hydrogens is 343 g/mol. The maximum atomic E-state index is 13.7. The minimum atomic E-state index is -0.241. The molecule has 0 saturated carbocycles. The van der Waals surface area contributed by atoms with Crippen molar-refractivity contribution in [1.29, 1.82) is 0 Å². The number of rotatable bonds is 5. The summed E-state index contributed by atoms with van der Waals surface area (Å²) >= 11 is 0. The summed E-state index contributed by atoms with van der Waals surface area (Å²) in [4.78, 5) is 25.7. The monoisotopic (exact) mass is 370 g/mol. The normalized spacial score (nSPS) is 14.7. The lowest BCUT2D eigenvalue weighted by molar-refractivity contribution is -0.131. The van der Waals surface area contributed by atoms with Crippen LogP contribution >= 0.6 is 0 Å². The highest BCUT2D eigenvalue weighted by Crippen LogP contribution is 2.19. The number of carbonyl (C=O) groups is 1. The van der Waals surface area contributed by atoms with Gasteiger partial charge in [-0.05, 0) is 25.0 Å². The second kappa shape index (κ2) is 8.46. The molecule has 27 heavy (non-hydrogen) atoms. The molecule has 1 aliphatic heterocycles. The number of nitrogens with zero attached hydrogens (tertiary/aromatic N) is 4. The third-order valence-corrected chi connectivity index (χ3v) is 4.90. The summed E-state index contributed by atoms with van der Waals surface area (Å²) in [6.45, 7) is 8.99. The zero-order valence-electron chi connectivity index (χ0n) is 16.3. The number of benzene rings is 1. The van der Waals surface area contributed by atoms with Crippen LogP contribution in [0.15, 0.2) is 30.3 Å². The molecule has 0 bridgehead atoms. The molecule has 1 aromatic heterocycles. The molecule has 0 aliphatic carbocycles. The van der Waals surface area contributed by atoms with E-state index in [1.165, 1.54) is 6.07 Å². The van der Waals surface area contributed by atoms with Gasteiger partial charge in [0.05, 0.1) is 0 Å². The molecule has 1 amide bonds. The SMILES string of the molecule is Cc1cc(N2CCN(C(=O)CCc3ccccc3F)CC2)nc(C(C)C)n1. The van der Waals surface area contributed by atoms with Crippen LogP contribution in [0, 0.1) is 12.7 Å². The summed E-state index contributed by atoms with van der Waals surface area (Å²) in [6.07, 6.45) is 0.777. The van der Waals surface area contributed by atoms with Crippen molar-refractivity contribution in [2.24, 2.45) is 0 Å². The van der Waals surface area contributed by atoms with Gasteiger partial charge in [0.2, 0.25) is 5.91 Å². The minimum Gasteiger partial charge on any atom is -0.353 e. The fraction of sp³-hybridized carbons (Fsp3) is 0.476. The molecule has 6 heteroatoms. The van der Waals surface area contributed by atoms with Crippen molar-refractivity contribution in [3.05, 3.63) is 53.2 Å². The van der Waals surface area contributed by atoms with Crippen LogP contribution in [0.4, 0.5) is 10.2 Å². The molecule has 1 aromatic carbocycles. The van der Waals surface area contributed by atoms with Crippen LogP contribution in [0.1, 0.15) is 43.3 Å². The number of carbonyl (C=O) groups excluding carboxylic acids is 1. The van der Waals surface area contributed by atoms with Gasteiger partial charge >= 0.3 is 0 Å². The molecule has 1 saturated heterocycles. The van der Waals surface area contributed by atoms with E-state index in [1.807, 2.05) is 17.9 Å². The Bertz CT molecular complexity index is 801. The molecule has 0 atom stereocenters. The van der Waals surface area contributed by atoms with E-state index in [9.17, 15) is 9.18 Å². The fourth-order valence-corrected chi connectivity index (χ4v) is 3.28. The third-order valence-electron chi connectivity index (χ3n) is 4.90. The van der Waals surface area contributed by atoms with Gasteiger partial charge in [0.1, 0.15) is 17.5 Å². The van der Waals surface area contributed by atoms with E-state index in [0.717, 1.165) is 30.4 Å². The first kappa shape index (κ1) is 19.3. The van der Waals surface area contributed by atoms with E-state index >= 15 is 0 Å². The summed E-state index contributed by atoms with van der Waals surface area (Å²) in [5, 5.41) is 0. The van der Waals surface area contributed by atoms with Gasteiger partial charge < -0.3 is 9.80 Å². The Morgan fingerprint density at radius 2 is 1.85 bits per heavy atom. The maximum Gasteiger partial charge on any atom is 0.223 e. The van der Waals surface area contributed by atoms with E-state index in [0.29, 0.717) is 31.5 Å². The Morgan fingerprint density at radius 1 is 1.15 bits per heavy atom. The molecule has 1 fully saturated rings. The van der Waals surface area contributed by atoms with Crippen LogP contribution in [0.5, 0.6) is 0 Å². The maximum absolute atomic E-state index is 13.7. The van der Waals surface area contributed by atoms with Crippen molar-refractivity contribution in [2.75, 3.05) is 31.1 Å². The molecule has 1 aliphatic rings. The fourth-order valence-electron chi connectivity index (χ4n) is 3.28. The average molecular weight is 370 g/mol. The number of anilines is 1. The van der Waals surface area contributed by atoms with Crippen LogP contribution < -0.4 is 4.90 Å². The molecule has 2 heterocycles. The van der Waals surface area contributed by atoms with Crippen molar-refractivity contribution in [3.8, 4) is 0 Å². The van der Waals surface area contributed by atoms with Gasteiger partial charge in [0.25, 0.3) is 0 Å². The molecule has 0 spiro atoms. The van der Waals surface area contributed by atoms with Crippen LogP contribution in [0.3, 0.4) is 0 Å². The smallest absolute Gasteiger partial charge is 0.223 e. The number of aryl methyl sites for hydroxylation is 2. The number of halogens is 1. The van der Waals surface area contributed by atoms with Crippen LogP contribution in [-0.2, 0) is 11.2 Å². The lowest BCUT2D eigenvalue weighted by Gasteiger charge is -2.35. The Morgan fingerprint density at radius 3 is 2.52 bits per heavy atom. The number of aromatic nitrogens is 2. The summed E-state index contributed by atoms with van der Waals surface area (Å²) in [5.74, 6) is 1.91. The molecule has 0 N–H and O–H groups in total. The Hall–Kier alpha value is -2.50. The second-order valence-corrected chi connectivity index (χ2v) is 7.34. The van der Waals surface area contributed by atoms with E-state index in [2.05, 4.69) is 28.7 Å². The summed E-state index contributed by atoms with van der Waals surface area (Å²) in [7, 11) is 0. The summed E-state index contributed by atoms with van der Waals surface area (Å²) < 4.78 is 13.7. The number of hydrogen-bond acceptors (Lipinski definition) is 4. The van der Waals surface area contributed by atoms with Crippen molar-refractivity contribution >= 4 is 11.7 Å². The van der Waals surface area contributed by atoms with E-state index in [1.54, 1.807) is 18.2 Å². The number of piperazine rings is 1. The average Bonchev–Trinajstić information content (AvgIpc) is 2.66. The zero-order chi connectivity index (χ0) is 19.4. The predicted octanol–water partition coefficient (Wildman–Crippen LogP) is 3.33. The summed E-state index contributed by atoms with van der Waals surface area (Å²) in [5.41, 5.74) is 1.56. The Kier molecular flexibility index (Phi) is 6.04. The summed E-state index contributed by atoms with van der Waals surface area (Å²) in [6, 6.07) is 8.65. The van der Waals surface area contributed by atoms with Crippen LogP contribution in [-0.4, -0.2) is 47.0 Å². The predicted molar refractivity (Wildman–Crippen MR) is 104 cm³/mol. The highest BCUT2D eigenvalue weighted by Gasteiger charge is 2.22. The van der Waals surface area contributed by atoms with Gasteiger partial charge in [-0.3, -0.25) is 4.79 Å². The first-order valence-electron chi connectivity index (χ1n) is 9.55. The molecular formula is C21H27FN4O. The van der Waals surface area contributed by atoms with Gasteiger partial charge in [-0.25, -0.2) is 14.4 Å². The standard InChI is InChI=1S/C21H27FN4O/c1-15(2)21-23-16(3)14-19(24-21)25-10-12-26(13-11-25)20(27)9-8-17-6-4-5-7-18(17)22/h4-7,14-15H,8-13H2,1-3H3. The lowest BCUT2D eigenvalue weighted by Crippen LogP contribution is -2.49. The number of amides is 1. The molecule has 0 unspecified atom stereocenters. The largest absolute Gasteiger partial charge is 0.353 e. The molecule has 144 valence electrons. The first-order valence-corrected chi connectivity index (χ1v) is 9.55. The Balaban J connectivity index is 1.55. The van der Waals surface area contributed by atoms with E-state index in [4.69, 9.17) is 0 Å². The highest BCUT2D eigenvalue weighted by molar-refractivity contribution is 5.76. The van der Waals surface area contributed by atoms with Gasteiger partial charge in [-0.15, -0.1) is 0 Å². The Labute approximate surface area is 160 Å². The van der Waals surface area contributed by atoms with E-state index < -0.39 is 0 Å². The third kappa shape index (κ3) is 4.81. The second-order valence-electron chi connectivity index (χ2n) is 7.34. The minimum absolute atomic E-state index is 0.0830. The topological polar surface area (TPSA) is 49.3 Å². The van der Waals surface area contributed by atoms with Gasteiger partial charge in [-0.1, -0.05) is 32.0 Å². The van der Waals surface area contributed by atoms with Crippen molar-refractivity contribution in [2.45, 2.75) is 39.5 Å². The molecule has 2 aromatic rings. The molecule has 5 nitrogen and oxygen atoms in total. The van der Waals surface area contributed by atoms with Crippen molar-refractivity contribution in [3.63, 3.8) is 0 Å². The lowest BCUT2D eigenvalue weighted by atomic mass is 10.1. The zero-order valence-corrected chi connectivity index (χ0v) is 16.3. The first-order chi connectivity index (χ1) is 12.9. The van der Waals surface area contributed by atoms with E-state index in [-0.39, 0.29) is 17.6 Å². The van der Waals surface area contributed by atoms with Crippen LogP contribution in [0.2, 0.25) is 0 Å². The quantitative estimate of drug-likeness (QED) is 0.810. The molecule has 3 rings (SSSR count). The van der Waals surface area contributed by atoms with Crippen LogP contribution in [0.25, 0.3) is 0 Å². The van der Waals surface area contributed by atoms with Gasteiger partial charge in [0, 0.05) is 50.3 Å². The van der Waals surface area contributed by atoms with Gasteiger partial charge in [-0.2, -0.15) is 0 Å². The highest BCUT2D eigenvalue weighted by atomic mass is 19.1. The number of hydrogen-bond donors (Lipinski definition) is 0. The van der Waals surface area contributed by atoms with Crippen molar-refractivity contribution in [1.82, 2.24) is 14.9 Å². The molecule has 0 radical (unpaired) electrons. The van der Waals surface area contributed by atoms with Gasteiger partial charge in [0.15, 0.2) is 0 Å².